The van der Waals surface area contributed by atoms with Crippen molar-refractivity contribution < 1.29 is 66.0 Å². The van der Waals surface area contributed by atoms with Crippen LogP contribution in [0, 0.1) is 6.57 Å². The summed E-state index contributed by atoms with van der Waals surface area (Å²) in [7, 11) is 0. The SMILES string of the molecule is [C-]#[N+]/C(=C/[O-])C(OCC)OCC.[K+]. The van der Waals surface area contributed by atoms with E-state index in [1.54, 1.807) is 13.8 Å². The molecule has 0 atom stereocenters. The van der Waals surface area contributed by atoms with Crippen LogP contribution in [0.15, 0.2) is 12.0 Å². The van der Waals surface area contributed by atoms with Crippen molar-refractivity contribution in [2.75, 3.05) is 13.2 Å². The smallest absolute Gasteiger partial charge is 0.886 e. The second kappa shape index (κ2) is 10.7. The van der Waals surface area contributed by atoms with Crippen LogP contribution < -0.4 is 56.5 Å². The predicted octanol–water partition coefficient (Wildman–Crippen LogP) is -2.49. The fourth-order valence-electron chi connectivity index (χ4n) is 0.656. The van der Waals surface area contributed by atoms with Crippen molar-refractivity contribution in [1.29, 1.82) is 0 Å². The van der Waals surface area contributed by atoms with Gasteiger partial charge >= 0.3 is 51.4 Å². The van der Waals surface area contributed by atoms with Gasteiger partial charge in [0.2, 0.25) is 5.70 Å². The van der Waals surface area contributed by atoms with Crippen LogP contribution in [0.4, 0.5) is 0 Å². The maximum absolute atomic E-state index is 10.3. The summed E-state index contributed by atoms with van der Waals surface area (Å²) in [5.74, 6) is 0. The molecule has 0 amide bonds. The fourth-order valence-corrected chi connectivity index (χ4v) is 0.656. The van der Waals surface area contributed by atoms with E-state index in [0.29, 0.717) is 19.5 Å². The van der Waals surface area contributed by atoms with E-state index in [1.807, 2.05) is 0 Å². The summed E-state index contributed by atoms with van der Waals surface area (Å²) in [4.78, 5) is 2.99. The van der Waals surface area contributed by atoms with Gasteiger partial charge in [0.25, 0.3) is 0 Å². The summed E-state index contributed by atoms with van der Waals surface area (Å²) in [5.41, 5.74) is -0.0429. The molecule has 5 heteroatoms. The van der Waals surface area contributed by atoms with Gasteiger partial charge in [0.1, 0.15) is 0 Å². The van der Waals surface area contributed by atoms with Crippen LogP contribution in [0.2, 0.25) is 0 Å². The minimum atomic E-state index is -0.796. The van der Waals surface area contributed by atoms with Crippen molar-refractivity contribution in [2.24, 2.45) is 0 Å². The van der Waals surface area contributed by atoms with Crippen molar-refractivity contribution in [2.45, 2.75) is 20.1 Å². The number of rotatable bonds is 5. The van der Waals surface area contributed by atoms with Crippen molar-refractivity contribution in [3.8, 4) is 0 Å². The van der Waals surface area contributed by atoms with Crippen molar-refractivity contribution in [3.63, 3.8) is 0 Å². The van der Waals surface area contributed by atoms with Gasteiger partial charge in [-0.25, -0.2) is 4.85 Å². The maximum atomic E-state index is 10.3. The molecule has 0 N–H and O–H groups in total. The fraction of sp³-hybridized carbons (Fsp3) is 0.625. The van der Waals surface area contributed by atoms with Crippen molar-refractivity contribution in [1.82, 2.24) is 0 Å². The molecule has 0 aromatic rings. The summed E-state index contributed by atoms with van der Waals surface area (Å²) < 4.78 is 10.0. The Kier molecular flexibility index (Phi) is 13.2. The quantitative estimate of drug-likeness (QED) is 0.218. The molecule has 0 aromatic carbocycles. The maximum Gasteiger partial charge on any atom is 1.00 e. The first-order valence-corrected chi connectivity index (χ1v) is 3.72. The second-order valence-electron chi connectivity index (χ2n) is 1.90. The summed E-state index contributed by atoms with van der Waals surface area (Å²) in [6.07, 6.45) is -0.335. The molecule has 0 spiro atoms. The average Bonchev–Trinajstić information content (AvgIpc) is 2.07. The van der Waals surface area contributed by atoms with Crippen LogP contribution in [0.5, 0.6) is 0 Å². The Morgan fingerprint density at radius 3 is 2.15 bits per heavy atom. The van der Waals surface area contributed by atoms with Gasteiger partial charge in [-0.05, 0) is 13.8 Å². The number of ether oxygens (including phenoxy) is 2. The van der Waals surface area contributed by atoms with Crippen molar-refractivity contribution >= 4 is 0 Å². The molecule has 0 saturated carbocycles. The minimum Gasteiger partial charge on any atom is -0.886 e. The van der Waals surface area contributed by atoms with Crippen LogP contribution >= 0.6 is 0 Å². The Morgan fingerprint density at radius 2 is 1.92 bits per heavy atom. The largest absolute Gasteiger partial charge is 1.00 e. The normalized spacial score (nSPS) is 10.8. The Morgan fingerprint density at radius 1 is 1.46 bits per heavy atom. The van der Waals surface area contributed by atoms with E-state index < -0.39 is 6.29 Å². The van der Waals surface area contributed by atoms with Gasteiger partial charge in [0.15, 0.2) is 6.29 Å². The first-order chi connectivity index (χ1) is 5.79. The average molecular weight is 209 g/mol. The Bertz CT molecular complexity index is 182. The molecule has 0 aliphatic rings. The molecular weight excluding hydrogens is 197 g/mol. The summed E-state index contributed by atoms with van der Waals surface area (Å²) in [5, 5.41) is 10.3. The van der Waals surface area contributed by atoms with Crippen LogP contribution in [-0.4, -0.2) is 19.5 Å². The standard InChI is InChI=1S/C8H13NO3.K/c1-4-11-8(12-5-2)7(6-10)9-3;/h6,8,10H,4-5H2,1-2H3;/q;+1/p-1/b7-6+;. The van der Waals surface area contributed by atoms with E-state index in [1.165, 1.54) is 0 Å². The molecule has 0 aromatic heterocycles. The van der Waals surface area contributed by atoms with Crippen LogP contribution in [0.1, 0.15) is 13.8 Å². The van der Waals surface area contributed by atoms with E-state index in [0.717, 1.165) is 0 Å². The molecule has 13 heavy (non-hydrogen) atoms. The topological polar surface area (TPSA) is 45.9 Å². The molecule has 0 unspecified atom stereocenters. The first kappa shape index (κ1) is 16.0. The summed E-state index contributed by atoms with van der Waals surface area (Å²) in [6.45, 7) is 11.0. The number of hydrogen-bond donors (Lipinski definition) is 0. The van der Waals surface area contributed by atoms with Gasteiger partial charge in [0, 0.05) is 13.2 Å². The van der Waals surface area contributed by atoms with Gasteiger partial charge in [-0.2, -0.15) is 0 Å². The first-order valence-electron chi connectivity index (χ1n) is 3.72. The summed E-state index contributed by atoms with van der Waals surface area (Å²) in [6, 6.07) is 0. The molecule has 0 aliphatic heterocycles. The molecule has 4 nitrogen and oxygen atoms in total. The third kappa shape index (κ3) is 6.63. The van der Waals surface area contributed by atoms with E-state index >= 15 is 0 Å². The zero-order valence-electron chi connectivity index (χ0n) is 8.24. The Balaban J connectivity index is 0. The predicted molar refractivity (Wildman–Crippen MR) is 41.7 cm³/mol. The Labute approximate surface area is 121 Å². The van der Waals surface area contributed by atoms with Gasteiger partial charge in [0.05, 0.1) is 6.57 Å². The second-order valence-corrected chi connectivity index (χ2v) is 1.90. The zero-order valence-corrected chi connectivity index (χ0v) is 11.4. The minimum absolute atomic E-state index is 0. The van der Waals surface area contributed by atoms with Gasteiger partial charge in [-0.15, -0.1) is 6.26 Å². The molecule has 68 valence electrons. The Hall–Kier alpha value is 0.586. The molecule has 0 heterocycles. The molecule has 0 saturated heterocycles. The zero-order chi connectivity index (χ0) is 9.40. The monoisotopic (exact) mass is 209 g/mol. The molecule has 0 rings (SSSR count). The van der Waals surface area contributed by atoms with Crippen LogP contribution in [-0.2, 0) is 9.47 Å². The molecule has 0 bridgehead atoms. The number of nitrogens with zero attached hydrogens (tertiary/aromatic N) is 1. The van der Waals surface area contributed by atoms with Gasteiger partial charge in [-0.1, -0.05) is 0 Å². The molecule has 0 fully saturated rings. The van der Waals surface area contributed by atoms with E-state index in [9.17, 15) is 5.11 Å². The van der Waals surface area contributed by atoms with Gasteiger partial charge in [-0.3, -0.25) is 0 Å². The third-order valence-electron chi connectivity index (χ3n) is 1.13. The van der Waals surface area contributed by atoms with Crippen LogP contribution in [0.25, 0.3) is 4.85 Å². The third-order valence-corrected chi connectivity index (χ3v) is 1.13. The van der Waals surface area contributed by atoms with E-state index in [-0.39, 0.29) is 57.1 Å². The molecule has 0 aliphatic carbocycles. The van der Waals surface area contributed by atoms with Crippen molar-refractivity contribution in [3.05, 3.63) is 23.4 Å². The van der Waals surface area contributed by atoms with E-state index in [2.05, 4.69) is 4.85 Å². The number of hydrogen-bond acceptors (Lipinski definition) is 3. The van der Waals surface area contributed by atoms with E-state index in [4.69, 9.17) is 16.0 Å². The molecule has 0 radical (unpaired) electrons. The molecular formula is C8H12KNO3. The van der Waals surface area contributed by atoms with Crippen LogP contribution in [0.3, 0.4) is 0 Å². The van der Waals surface area contributed by atoms with Gasteiger partial charge < -0.3 is 14.6 Å². The summed E-state index contributed by atoms with van der Waals surface area (Å²) >= 11 is 0.